The molecule has 0 aliphatic carbocycles. The lowest BCUT2D eigenvalue weighted by molar-refractivity contribution is -0.149. The molecule has 1 aromatic heterocycles. The number of halogens is 1. The number of amides is 1. The van der Waals surface area contributed by atoms with Gasteiger partial charge in [-0.25, -0.2) is 4.39 Å². The number of rotatable bonds is 7. The van der Waals surface area contributed by atoms with Crippen LogP contribution in [0.25, 0.3) is 11.4 Å². The number of nitrogens with one attached hydrogen (secondary N) is 1. The fourth-order valence-electron chi connectivity index (χ4n) is 2.55. The van der Waals surface area contributed by atoms with E-state index in [9.17, 15) is 14.0 Å². The number of benzene rings is 2. The van der Waals surface area contributed by atoms with Gasteiger partial charge in [0, 0.05) is 5.56 Å². The summed E-state index contributed by atoms with van der Waals surface area (Å²) in [5.74, 6) is -1.04. The van der Waals surface area contributed by atoms with Crippen LogP contribution in [0.3, 0.4) is 0 Å². The van der Waals surface area contributed by atoms with Gasteiger partial charge in [-0.2, -0.15) is 4.98 Å². The zero-order chi connectivity index (χ0) is 20.8. The van der Waals surface area contributed by atoms with Crippen LogP contribution in [0.5, 0.6) is 0 Å². The second-order valence-electron chi connectivity index (χ2n) is 6.49. The molecule has 1 unspecified atom stereocenters. The van der Waals surface area contributed by atoms with Gasteiger partial charge in [0.1, 0.15) is 12.4 Å². The molecule has 8 heteroatoms. The number of esters is 1. The average Bonchev–Trinajstić information content (AvgIpc) is 3.20. The molecule has 0 radical (unpaired) electrons. The third kappa shape index (κ3) is 5.47. The summed E-state index contributed by atoms with van der Waals surface area (Å²) in [4.78, 5) is 28.0. The molecule has 2 aromatic carbocycles. The Kier molecular flexibility index (Phi) is 6.33. The van der Waals surface area contributed by atoms with Gasteiger partial charge in [-0.15, -0.1) is 0 Å². The van der Waals surface area contributed by atoms with Crippen molar-refractivity contribution in [3.63, 3.8) is 0 Å². The molecule has 0 aliphatic heterocycles. The number of hydrogen-bond acceptors (Lipinski definition) is 6. The van der Waals surface area contributed by atoms with Crippen molar-refractivity contribution in [1.82, 2.24) is 15.5 Å². The monoisotopic (exact) mass is 397 g/mol. The van der Waals surface area contributed by atoms with Crippen LogP contribution < -0.4 is 5.32 Å². The van der Waals surface area contributed by atoms with Crippen LogP contribution in [0.15, 0.2) is 53.1 Å². The topological polar surface area (TPSA) is 94.3 Å². The Morgan fingerprint density at radius 3 is 2.69 bits per heavy atom. The van der Waals surface area contributed by atoms with Crippen LogP contribution in [0.2, 0.25) is 0 Å². The Morgan fingerprint density at radius 1 is 1.21 bits per heavy atom. The summed E-state index contributed by atoms with van der Waals surface area (Å²) in [6.45, 7) is 2.94. The van der Waals surface area contributed by atoms with E-state index >= 15 is 0 Å². The third-order valence-corrected chi connectivity index (χ3v) is 4.17. The van der Waals surface area contributed by atoms with Gasteiger partial charge in [-0.1, -0.05) is 47.6 Å². The molecular weight excluding hydrogens is 377 g/mol. The Bertz CT molecular complexity index is 1000. The minimum absolute atomic E-state index is 0.0740. The van der Waals surface area contributed by atoms with E-state index in [0.717, 1.165) is 5.56 Å². The standard InChI is InChI=1S/C21H20FN3O4/c1-13-8-9-16(11-17(13)22)20-24-21(29-25-20)14(2)28-19(27)12-23-18(26)10-15-6-4-3-5-7-15/h3-9,11,14H,10,12H2,1-2H3,(H,23,26). The molecule has 1 N–H and O–H groups in total. The lowest BCUT2D eigenvalue weighted by Gasteiger charge is -2.10. The lowest BCUT2D eigenvalue weighted by atomic mass is 10.1. The van der Waals surface area contributed by atoms with Gasteiger partial charge in [0.25, 0.3) is 5.89 Å². The van der Waals surface area contributed by atoms with E-state index in [1.165, 1.54) is 6.07 Å². The van der Waals surface area contributed by atoms with Crippen LogP contribution in [0.1, 0.15) is 30.0 Å². The molecule has 0 spiro atoms. The summed E-state index contributed by atoms with van der Waals surface area (Å²) < 4.78 is 24.0. The minimum atomic E-state index is -0.815. The molecule has 3 rings (SSSR count). The molecule has 29 heavy (non-hydrogen) atoms. The van der Waals surface area contributed by atoms with Crippen LogP contribution in [-0.2, 0) is 20.7 Å². The SMILES string of the molecule is Cc1ccc(-c2noc(C(C)OC(=O)CNC(=O)Cc3ccccc3)n2)cc1F. The van der Waals surface area contributed by atoms with Gasteiger partial charge in [-0.3, -0.25) is 9.59 Å². The van der Waals surface area contributed by atoms with Crippen molar-refractivity contribution in [3.8, 4) is 11.4 Å². The quantitative estimate of drug-likeness (QED) is 0.616. The first-order valence-electron chi connectivity index (χ1n) is 9.02. The minimum Gasteiger partial charge on any atom is -0.451 e. The van der Waals surface area contributed by atoms with E-state index in [4.69, 9.17) is 9.26 Å². The fourth-order valence-corrected chi connectivity index (χ4v) is 2.55. The number of hydrogen-bond donors (Lipinski definition) is 1. The molecule has 150 valence electrons. The highest BCUT2D eigenvalue weighted by atomic mass is 19.1. The van der Waals surface area contributed by atoms with Crippen molar-refractivity contribution in [2.24, 2.45) is 0 Å². The Morgan fingerprint density at radius 2 is 1.97 bits per heavy atom. The molecule has 1 amide bonds. The van der Waals surface area contributed by atoms with Gasteiger partial charge in [0.2, 0.25) is 11.7 Å². The predicted molar refractivity (Wildman–Crippen MR) is 102 cm³/mol. The van der Waals surface area contributed by atoms with E-state index in [1.807, 2.05) is 30.3 Å². The van der Waals surface area contributed by atoms with E-state index in [2.05, 4.69) is 15.5 Å². The summed E-state index contributed by atoms with van der Waals surface area (Å²) >= 11 is 0. The molecule has 7 nitrogen and oxygen atoms in total. The normalized spacial score (nSPS) is 11.7. The van der Waals surface area contributed by atoms with E-state index in [0.29, 0.717) is 11.1 Å². The average molecular weight is 397 g/mol. The van der Waals surface area contributed by atoms with Crippen LogP contribution in [0, 0.1) is 12.7 Å². The van der Waals surface area contributed by atoms with Gasteiger partial charge < -0.3 is 14.6 Å². The molecule has 1 atom stereocenters. The summed E-state index contributed by atoms with van der Waals surface area (Å²) in [6.07, 6.45) is -0.644. The number of ether oxygens (including phenoxy) is 1. The predicted octanol–water partition coefficient (Wildman–Crippen LogP) is 3.15. The molecular formula is C21H20FN3O4. The van der Waals surface area contributed by atoms with E-state index in [1.54, 1.807) is 26.0 Å². The zero-order valence-electron chi connectivity index (χ0n) is 16.0. The first-order valence-corrected chi connectivity index (χ1v) is 9.02. The number of aryl methyl sites for hydroxylation is 1. The van der Waals surface area contributed by atoms with Gasteiger partial charge in [-0.05, 0) is 31.0 Å². The molecule has 0 bridgehead atoms. The van der Waals surface area contributed by atoms with Crippen LogP contribution in [-0.4, -0.2) is 28.6 Å². The molecule has 3 aromatic rings. The maximum atomic E-state index is 13.7. The van der Waals surface area contributed by atoms with Gasteiger partial charge >= 0.3 is 5.97 Å². The van der Waals surface area contributed by atoms with Gasteiger partial charge in [0.15, 0.2) is 6.10 Å². The second kappa shape index (κ2) is 9.09. The molecule has 1 heterocycles. The maximum absolute atomic E-state index is 13.7. The van der Waals surface area contributed by atoms with Crippen molar-refractivity contribution in [1.29, 1.82) is 0 Å². The number of aromatic nitrogens is 2. The summed E-state index contributed by atoms with van der Waals surface area (Å²) in [5, 5.41) is 6.30. The first-order chi connectivity index (χ1) is 13.9. The Balaban J connectivity index is 1.51. The highest BCUT2D eigenvalue weighted by Crippen LogP contribution is 2.22. The summed E-state index contributed by atoms with van der Waals surface area (Å²) in [7, 11) is 0. The van der Waals surface area contributed by atoms with Crippen LogP contribution >= 0.6 is 0 Å². The number of carbonyl (C=O) groups is 2. The Labute approximate surface area is 166 Å². The van der Waals surface area contributed by atoms with Crippen molar-refractivity contribution in [3.05, 3.63) is 71.4 Å². The van der Waals surface area contributed by atoms with E-state index in [-0.39, 0.29) is 36.4 Å². The second-order valence-corrected chi connectivity index (χ2v) is 6.49. The molecule has 0 fully saturated rings. The Hall–Kier alpha value is -3.55. The highest BCUT2D eigenvalue weighted by Gasteiger charge is 2.20. The maximum Gasteiger partial charge on any atom is 0.326 e. The van der Waals surface area contributed by atoms with E-state index < -0.39 is 12.1 Å². The lowest BCUT2D eigenvalue weighted by Crippen LogP contribution is -2.32. The summed E-state index contributed by atoms with van der Waals surface area (Å²) in [5.41, 5.74) is 1.81. The smallest absolute Gasteiger partial charge is 0.326 e. The van der Waals surface area contributed by atoms with Crippen molar-refractivity contribution in [2.45, 2.75) is 26.4 Å². The first kappa shape index (κ1) is 20.2. The van der Waals surface area contributed by atoms with Gasteiger partial charge in [0.05, 0.1) is 6.42 Å². The largest absolute Gasteiger partial charge is 0.451 e. The van der Waals surface area contributed by atoms with Crippen molar-refractivity contribution >= 4 is 11.9 Å². The number of nitrogens with zero attached hydrogens (tertiary/aromatic N) is 2. The third-order valence-electron chi connectivity index (χ3n) is 4.17. The highest BCUT2D eigenvalue weighted by molar-refractivity contribution is 5.83. The van der Waals surface area contributed by atoms with Crippen molar-refractivity contribution < 1.29 is 23.2 Å². The fraction of sp³-hybridized carbons (Fsp3) is 0.238. The molecule has 0 saturated heterocycles. The molecule has 0 saturated carbocycles. The van der Waals surface area contributed by atoms with Crippen molar-refractivity contribution in [2.75, 3.05) is 6.54 Å². The molecule has 0 aliphatic rings. The summed E-state index contributed by atoms with van der Waals surface area (Å²) in [6, 6.07) is 13.8. The number of carbonyl (C=O) groups excluding carboxylic acids is 2. The zero-order valence-corrected chi connectivity index (χ0v) is 16.0. The van der Waals surface area contributed by atoms with Crippen LogP contribution in [0.4, 0.5) is 4.39 Å².